The molecule has 2 N–H and O–H groups in total. The van der Waals surface area contributed by atoms with Crippen LogP contribution in [0.1, 0.15) is 30.6 Å². The Labute approximate surface area is 129 Å². The van der Waals surface area contributed by atoms with Gasteiger partial charge in [-0.25, -0.2) is 17.9 Å². The zero-order valence-electron chi connectivity index (χ0n) is 12.0. The fourth-order valence-corrected chi connectivity index (χ4v) is 3.62. The monoisotopic (exact) mass is 335 g/mol. The highest BCUT2D eigenvalue weighted by Crippen LogP contribution is 2.23. The lowest BCUT2D eigenvalue weighted by Gasteiger charge is -2.16. The van der Waals surface area contributed by atoms with Gasteiger partial charge in [0.2, 0.25) is 10.0 Å². The van der Waals surface area contributed by atoms with E-state index in [1.165, 1.54) is 19.2 Å². The zero-order chi connectivity index (χ0) is 16.2. The molecular formula is C13H18ClNO5S. The third-order valence-corrected chi connectivity index (χ3v) is 4.76. The second kappa shape index (κ2) is 7.22. The number of rotatable bonds is 6. The molecule has 0 saturated carbocycles. The summed E-state index contributed by atoms with van der Waals surface area (Å²) in [6.07, 6.45) is -0.382. The number of ether oxygens (including phenoxy) is 1. The molecule has 0 aliphatic carbocycles. The number of aliphatic hydroxyl groups excluding tert-OH is 1. The van der Waals surface area contributed by atoms with Gasteiger partial charge in [-0.3, -0.25) is 0 Å². The first kappa shape index (κ1) is 17.9. The molecule has 8 heteroatoms. The summed E-state index contributed by atoms with van der Waals surface area (Å²) in [4.78, 5) is 11.3. The van der Waals surface area contributed by atoms with E-state index in [0.717, 1.165) is 6.07 Å². The molecule has 0 saturated heterocycles. The van der Waals surface area contributed by atoms with E-state index in [-0.39, 0.29) is 21.9 Å². The Morgan fingerprint density at radius 1 is 1.43 bits per heavy atom. The van der Waals surface area contributed by atoms with Crippen LogP contribution in [0.25, 0.3) is 0 Å². The van der Waals surface area contributed by atoms with Crippen LogP contribution >= 0.6 is 11.6 Å². The molecule has 1 aromatic carbocycles. The average Bonchev–Trinajstić information content (AvgIpc) is 2.36. The van der Waals surface area contributed by atoms with Gasteiger partial charge in [0.15, 0.2) is 0 Å². The first-order chi connectivity index (χ1) is 9.67. The van der Waals surface area contributed by atoms with Gasteiger partial charge in [0.1, 0.15) is 4.90 Å². The molecule has 0 radical (unpaired) electrons. The number of benzene rings is 1. The number of nitrogens with one attached hydrogen (secondary N) is 1. The number of halogens is 1. The van der Waals surface area contributed by atoms with Crippen molar-refractivity contribution in [3.8, 4) is 0 Å². The Bertz CT molecular complexity index is 615. The van der Waals surface area contributed by atoms with Gasteiger partial charge in [-0.2, -0.15) is 0 Å². The van der Waals surface area contributed by atoms with Crippen molar-refractivity contribution < 1.29 is 23.1 Å². The smallest absolute Gasteiger partial charge is 0.337 e. The summed E-state index contributed by atoms with van der Waals surface area (Å²) in [5.41, 5.74) is 0.0884. The van der Waals surface area contributed by atoms with Crippen LogP contribution in [-0.2, 0) is 14.8 Å². The van der Waals surface area contributed by atoms with Gasteiger partial charge in [0.25, 0.3) is 0 Å². The highest BCUT2D eigenvalue weighted by Gasteiger charge is 2.23. The molecule has 0 aromatic heterocycles. The summed E-state index contributed by atoms with van der Waals surface area (Å²) in [5, 5.41) is 9.27. The molecule has 21 heavy (non-hydrogen) atoms. The van der Waals surface area contributed by atoms with Crippen LogP contribution in [0, 0.1) is 0 Å². The van der Waals surface area contributed by atoms with Crippen LogP contribution in [0.2, 0.25) is 5.02 Å². The van der Waals surface area contributed by atoms with Crippen molar-refractivity contribution in [3.05, 3.63) is 28.8 Å². The standard InChI is InChI=1S/C13H18ClNO5S/c1-8(6-9(2)16)15-21(18,19)12-7-10(13(17)20-3)4-5-11(12)14/h4-5,7-9,15-16H,6H2,1-3H3. The largest absolute Gasteiger partial charge is 0.465 e. The predicted molar refractivity (Wildman–Crippen MR) is 78.9 cm³/mol. The fourth-order valence-electron chi connectivity index (χ4n) is 1.84. The summed E-state index contributed by atoms with van der Waals surface area (Å²) in [5.74, 6) is -0.653. The highest BCUT2D eigenvalue weighted by atomic mass is 35.5. The molecule has 0 spiro atoms. The third kappa shape index (κ3) is 4.96. The summed E-state index contributed by atoms with van der Waals surface area (Å²) >= 11 is 5.90. The van der Waals surface area contributed by atoms with Crippen LogP contribution < -0.4 is 4.72 Å². The van der Waals surface area contributed by atoms with Gasteiger partial charge < -0.3 is 9.84 Å². The fraction of sp³-hybridized carbons (Fsp3) is 0.462. The van der Waals surface area contributed by atoms with E-state index in [4.69, 9.17) is 11.6 Å². The SMILES string of the molecule is COC(=O)c1ccc(Cl)c(S(=O)(=O)NC(C)CC(C)O)c1. The Kier molecular flexibility index (Phi) is 6.15. The van der Waals surface area contributed by atoms with E-state index >= 15 is 0 Å². The summed E-state index contributed by atoms with van der Waals surface area (Å²) in [6, 6.07) is 3.38. The van der Waals surface area contributed by atoms with Gasteiger partial charge in [0, 0.05) is 6.04 Å². The van der Waals surface area contributed by atoms with Crippen molar-refractivity contribution in [1.82, 2.24) is 4.72 Å². The molecular weight excluding hydrogens is 318 g/mol. The normalized spacial score (nSPS) is 14.5. The van der Waals surface area contributed by atoms with Crippen molar-refractivity contribution in [2.75, 3.05) is 7.11 Å². The maximum atomic E-state index is 12.3. The molecule has 0 fully saturated rings. The van der Waals surface area contributed by atoms with Gasteiger partial charge in [-0.1, -0.05) is 11.6 Å². The molecule has 0 bridgehead atoms. The topological polar surface area (TPSA) is 92.7 Å². The molecule has 0 amide bonds. The number of carbonyl (C=O) groups is 1. The van der Waals surface area contributed by atoms with Crippen LogP contribution in [-0.4, -0.2) is 38.7 Å². The van der Waals surface area contributed by atoms with Crippen molar-refractivity contribution in [2.24, 2.45) is 0 Å². The molecule has 2 atom stereocenters. The third-order valence-electron chi connectivity index (χ3n) is 2.69. The Morgan fingerprint density at radius 3 is 2.57 bits per heavy atom. The minimum atomic E-state index is -3.90. The van der Waals surface area contributed by atoms with Crippen LogP contribution in [0.3, 0.4) is 0 Å². The van der Waals surface area contributed by atoms with E-state index in [2.05, 4.69) is 9.46 Å². The number of methoxy groups -OCH3 is 1. The minimum absolute atomic E-state index is 0.000556. The summed E-state index contributed by atoms with van der Waals surface area (Å²) < 4.78 is 31.5. The second-order valence-electron chi connectivity index (χ2n) is 4.74. The van der Waals surface area contributed by atoms with Crippen molar-refractivity contribution >= 4 is 27.6 Å². The maximum absolute atomic E-state index is 12.3. The number of sulfonamides is 1. The molecule has 1 rings (SSSR count). The molecule has 1 aromatic rings. The van der Waals surface area contributed by atoms with E-state index in [1.54, 1.807) is 13.8 Å². The molecule has 118 valence electrons. The lowest BCUT2D eigenvalue weighted by atomic mass is 10.2. The number of aliphatic hydroxyl groups is 1. The van der Waals surface area contributed by atoms with Gasteiger partial charge in [0.05, 0.1) is 23.8 Å². The predicted octanol–water partition coefficient (Wildman–Crippen LogP) is 1.56. The minimum Gasteiger partial charge on any atom is -0.465 e. The first-order valence-corrected chi connectivity index (χ1v) is 8.11. The van der Waals surface area contributed by atoms with Crippen LogP contribution in [0.5, 0.6) is 0 Å². The van der Waals surface area contributed by atoms with E-state index in [9.17, 15) is 18.3 Å². The van der Waals surface area contributed by atoms with E-state index in [0.29, 0.717) is 0 Å². The molecule has 0 aliphatic rings. The van der Waals surface area contributed by atoms with Gasteiger partial charge >= 0.3 is 5.97 Å². The number of hydrogen-bond donors (Lipinski definition) is 2. The average molecular weight is 336 g/mol. The second-order valence-corrected chi connectivity index (χ2v) is 6.83. The zero-order valence-corrected chi connectivity index (χ0v) is 13.5. The summed E-state index contributed by atoms with van der Waals surface area (Å²) in [7, 11) is -2.70. The van der Waals surface area contributed by atoms with E-state index < -0.39 is 28.1 Å². The lowest BCUT2D eigenvalue weighted by Crippen LogP contribution is -2.34. The lowest BCUT2D eigenvalue weighted by molar-refractivity contribution is 0.0600. The van der Waals surface area contributed by atoms with Gasteiger partial charge in [-0.05, 0) is 38.5 Å². The van der Waals surface area contributed by atoms with E-state index in [1.807, 2.05) is 0 Å². The molecule has 0 heterocycles. The Hall–Kier alpha value is -1.15. The molecule has 2 unspecified atom stereocenters. The number of esters is 1. The van der Waals surface area contributed by atoms with Crippen molar-refractivity contribution in [3.63, 3.8) is 0 Å². The van der Waals surface area contributed by atoms with Crippen molar-refractivity contribution in [2.45, 2.75) is 37.3 Å². The Morgan fingerprint density at radius 2 is 2.05 bits per heavy atom. The number of carbonyl (C=O) groups excluding carboxylic acids is 1. The van der Waals surface area contributed by atoms with Crippen LogP contribution in [0.15, 0.2) is 23.1 Å². The molecule has 6 nitrogen and oxygen atoms in total. The maximum Gasteiger partial charge on any atom is 0.337 e. The quantitative estimate of drug-likeness (QED) is 0.770. The first-order valence-electron chi connectivity index (χ1n) is 6.25. The summed E-state index contributed by atoms with van der Waals surface area (Å²) in [6.45, 7) is 3.19. The Balaban J connectivity index is 3.10. The highest BCUT2D eigenvalue weighted by molar-refractivity contribution is 7.89. The number of hydrogen-bond acceptors (Lipinski definition) is 5. The molecule has 0 aliphatic heterocycles. The van der Waals surface area contributed by atoms with Gasteiger partial charge in [-0.15, -0.1) is 0 Å². The van der Waals surface area contributed by atoms with Crippen molar-refractivity contribution in [1.29, 1.82) is 0 Å². The van der Waals surface area contributed by atoms with Crippen LogP contribution in [0.4, 0.5) is 0 Å².